The molecule has 1 atom stereocenters. The van der Waals surface area contributed by atoms with E-state index in [9.17, 15) is 14.9 Å². The van der Waals surface area contributed by atoms with E-state index in [1.165, 1.54) is 12.7 Å². The number of benzene rings is 1. The van der Waals surface area contributed by atoms with Gasteiger partial charge in [0, 0.05) is 54.8 Å². The zero-order chi connectivity index (χ0) is 27.9. The molecule has 0 bridgehead atoms. The molecule has 0 unspecified atom stereocenters. The van der Waals surface area contributed by atoms with Crippen LogP contribution in [-0.4, -0.2) is 45.3 Å². The van der Waals surface area contributed by atoms with Crippen LogP contribution in [0.3, 0.4) is 0 Å². The average molecular weight is 527 g/mol. The van der Waals surface area contributed by atoms with E-state index in [1.54, 1.807) is 24.4 Å². The first-order valence-electron chi connectivity index (χ1n) is 14.0. The molecule has 7 heteroatoms. The number of rotatable bonds is 6. The molecule has 0 spiro atoms. The summed E-state index contributed by atoms with van der Waals surface area (Å²) in [6.45, 7) is 7.25. The minimum atomic E-state index is -0.218. The molecule has 2 fully saturated rings. The molecule has 39 heavy (non-hydrogen) atoms. The van der Waals surface area contributed by atoms with Crippen LogP contribution in [0, 0.1) is 24.2 Å². The molecule has 7 nitrogen and oxygen atoms in total. The smallest absolute Gasteiger partial charge is 0.226 e. The number of Topliss-reactive ketones (excluding diaryl/α,β-unsaturated/α-hetero) is 1. The van der Waals surface area contributed by atoms with Gasteiger partial charge in [-0.05, 0) is 87.3 Å². The Labute approximate surface area is 230 Å². The first-order valence-corrected chi connectivity index (χ1v) is 14.0. The van der Waals surface area contributed by atoms with Crippen molar-refractivity contribution in [1.29, 1.82) is 5.26 Å². The van der Waals surface area contributed by atoms with Crippen LogP contribution < -0.4 is 4.74 Å². The molecule has 1 aliphatic heterocycles. The van der Waals surface area contributed by atoms with Crippen molar-refractivity contribution in [3.8, 4) is 11.8 Å². The van der Waals surface area contributed by atoms with Gasteiger partial charge in [-0.1, -0.05) is 12.8 Å². The fourth-order valence-corrected chi connectivity index (χ4v) is 6.75. The highest BCUT2D eigenvalue weighted by Crippen LogP contribution is 2.43. The Hall–Kier alpha value is -3.66. The number of aromatic nitrogens is 2. The van der Waals surface area contributed by atoms with Crippen molar-refractivity contribution in [1.82, 2.24) is 14.5 Å². The summed E-state index contributed by atoms with van der Waals surface area (Å²) in [5.74, 6) is 1.25. The number of aryl methyl sites for hydroxylation is 2. The Morgan fingerprint density at radius 3 is 2.59 bits per heavy atom. The second-order valence-electron chi connectivity index (χ2n) is 11.9. The number of pyridine rings is 1. The van der Waals surface area contributed by atoms with E-state index >= 15 is 0 Å². The Morgan fingerprint density at radius 2 is 1.92 bits per heavy atom. The SMILES string of the molecule is COc1cc(C#N)cc(C(=O)Cc2cnc3c(c([C@@H]4CCN(C(=O)C5CCCC5)C(C)(C)C4)cn3C)c2C)c1. The van der Waals surface area contributed by atoms with Crippen molar-refractivity contribution < 1.29 is 14.3 Å². The third-order valence-corrected chi connectivity index (χ3v) is 8.91. The third-order valence-electron chi connectivity index (χ3n) is 8.91. The van der Waals surface area contributed by atoms with Crippen LogP contribution in [0.2, 0.25) is 0 Å². The van der Waals surface area contributed by atoms with Crippen molar-refractivity contribution in [3.63, 3.8) is 0 Å². The van der Waals surface area contributed by atoms with Gasteiger partial charge >= 0.3 is 0 Å². The Balaban J connectivity index is 1.43. The number of amides is 1. The molecule has 0 radical (unpaired) electrons. The first kappa shape index (κ1) is 26.9. The highest BCUT2D eigenvalue weighted by atomic mass is 16.5. The fraction of sp³-hybridized carbons (Fsp3) is 0.500. The summed E-state index contributed by atoms with van der Waals surface area (Å²) in [4.78, 5) is 33.5. The van der Waals surface area contributed by atoms with Crippen LogP contribution in [0.1, 0.15) is 90.9 Å². The molecule has 1 saturated carbocycles. The van der Waals surface area contributed by atoms with E-state index in [0.717, 1.165) is 67.2 Å². The summed E-state index contributed by atoms with van der Waals surface area (Å²) in [5, 5.41) is 10.5. The van der Waals surface area contributed by atoms with Gasteiger partial charge < -0.3 is 14.2 Å². The average Bonchev–Trinajstić information content (AvgIpc) is 3.58. The van der Waals surface area contributed by atoms with Crippen LogP contribution in [0.4, 0.5) is 0 Å². The Kier molecular flexibility index (Phi) is 7.24. The van der Waals surface area contributed by atoms with Crippen molar-refractivity contribution in [2.75, 3.05) is 13.7 Å². The number of hydrogen-bond donors (Lipinski definition) is 0. The molecule has 1 amide bonds. The minimum Gasteiger partial charge on any atom is -0.497 e. The van der Waals surface area contributed by atoms with E-state index in [4.69, 9.17) is 9.72 Å². The van der Waals surface area contributed by atoms with Gasteiger partial charge in [-0.15, -0.1) is 0 Å². The minimum absolute atomic E-state index is 0.0769. The number of nitrogens with zero attached hydrogens (tertiary/aromatic N) is 4. The lowest BCUT2D eigenvalue weighted by molar-refractivity contribution is -0.143. The van der Waals surface area contributed by atoms with E-state index in [2.05, 4.69) is 42.5 Å². The topological polar surface area (TPSA) is 88.2 Å². The normalized spacial score (nSPS) is 19.3. The Bertz CT molecular complexity index is 1470. The van der Waals surface area contributed by atoms with E-state index in [1.807, 2.05) is 7.05 Å². The summed E-state index contributed by atoms with van der Waals surface area (Å²) in [6.07, 6.45) is 10.4. The lowest BCUT2D eigenvalue weighted by Gasteiger charge is -2.46. The van der Waals surface area contributed by atoms with Crippen molar-refractivity contribution in [2.45, 2.75) is 77.2 Å². The molecular formula is C32H38N4O3. The van der Waals surface area contributed by atoms with Gasteiger partial charge in [-0.2, -0.15) is 5.26 Å². The van der Waals surface area contributed by atoms with Gasteiger partial charge in [0.25, 0.3) is 0 Å². The molecule has 5 rings (SSSR count). The highest BCUT2D eigenvalue weighted by Gasteiger charge is 2.41. The van der Waals surface area contributed by atoms with Gasteiger partial charge in [-0.25, -0.2) is 4.98 Å². The summed E-state index contributed by atoms with van der Waals surface area (Å²) in [7, 11) is 3.55. The summed E-state index contributed by atoms with van der Waals surface area (Å²) in [6, 6.07) is 7.02. The number of carbonyl (C=O) groups excluding carboxylic acids is 2. The molecule has 1 aromatic carbocycles. The van der Waals surface area contributed by atoms with Gasteiger partial charge in [0.1, 0.15) is 11.4 Å². The fourth-order valence-electron chi connectivity index (χ4n) is 6.75. The lowest BCUT2D eigenvalue weighted by Crippen LogP contribution is -2.53. The largest absolute Gasteiger partial charge is 0.497 e. The zero-order valence-electron chi connectivity index (χ0n) is 23.7. The molecule has 2 aromatic heterocycles. The van der Waals surface area contributed by atoms with Crippen LogP contribution in [-0.2, 0) is 18.3 Å². The highest BCUT2D eigenvalue weighted by molar-refractivity contribution is 5.99. The third kappa shape index (κ3) is 5.05. The van der Waals surface area contributed by atoms with Crippen LogP contribution in [0.5, 0.6) is 5.75 Å². The molecule has 3 heterocycles. The van der Waals surface area contributed by atoms with Crippen LogP contribution in [0.25, 0.3) is 11.0 Å². The standard InChI is InChI=1S/C32H38N4O3/c1-20-25(15-28(37)24-12-21(17-33)13-26(14-24)39-5)18-34-30-29(20)27(19-35(30)4)23-10-11-36(32(2,3)16-23)31(38)22-8-6-7-9-22/h12-14,18-19,22-23H,6-11,15-16H2,1-5H3/t23-/m1/s1. The second-order valence-corrected chi connectivity index (χ2v) is 11.9. The maximum atomic E-state index is 13.3. The molecule has 1 saturated heterocycles. The number of ketones is 1. The summed E-state index contributed by atoms with van der Waals surface area (Å²) >= 11 is 0. The quantitative estimate of drug-likeness (QED) is 0.375. The number of ether oxygens (including phenoxy) is 1. The lowest BCUT2D eigenvalue weighted by atomic mass is 9.78. The number of piperidine rings is 1. The maximum absolute atomic E-state index is 13.3. The number of methoxy groups -OCH3 is 1. The van der Waals surface area contributed by atoms with E-state index in [-0.39, 0.29) is 23.7 Å². The number of carbonyl (C=O) groups is 2. The van der Waals surface area contributed by atoms with E-state index < -0.39 is 0 Å². The first-order chi connectivity index (χ1) is 18.6. The number of fused-ring (bicyclic) bond motifs is 1. The molecular weight excluding hydrogens is 488 g/mol. The van der Waals surface area contributed by atoms with Crippen molar-refractivity contribution in [2.24, 2.45) is 13.0 Å². The zero-order valence-corrected chi connectivity index (χ0v) is 23.7. The van der Waals surface area contributed by atoms with E-state index in [0.29, 0.717) is 28.7 Å². The molecule has 2 aliphatic rings. The summed E-state index contributed by atoms with van der Waals surface area (Å²) < 4.78 is 7.37. The van der Waals surface area contributed by atoms with Gasteiger partial charge in [-0.3, -0.25) is 9.59 Å². The monoisotopic (exact) mass is 526 g/mol. The van der Waals surface area contributed by atoms with Crippen LogP contribution >= 0.6 is 0 Å². The number of likely N-dealkylation sites (tertiary alicyclic amines) is 1. The molecule has 3 aromatic rings. The van der Waals surface area contributed by atoms with Gasteiger partial charge in [0.05, 0.1) is 18.7 Å². The summed E-state index contributed by atoms with van der Waals surface area (Å²) in [5.41, 5.74) is 4.75. The maximum Gasteiger partial charge on any atom is 0.226 e. The predicted octanol–water partition coefficient (Wildman–Crippen LogP) is 5.86. The molecule has 0 N–H and O–H groups in total. The van der Waals surface area contributed by atoms with Crippen molar-refractivity contribution >= 4 is 22.7 Å². The second kappa shape index (κ2) is 10.5. The number of nitriles is 1. The van der Waals surface area contributed by atoms with Gasteiger partial charge in [0.15, 0.2) is 5.78 Å². The number of hydrogen-bond acceptors (Lipinski definition) is 5. The molecule has 1 aliphatic carbocycles. The Morgan fingerprint density at radius 1 is 1.18 bits per heavy atom. The van der Waals surface area contributed by atoms with Gasteiger partial charge in [0.2, 0.25) is 5.91 Å². The van der Waals surface area contributed by atoms with Crippen molar-refractivity contribution in [3.05, 3.63) is 58.4 Å². The predicted molar refractivity (Wildman–Crippen MR) is 151 cm³/mol. The molecule has 204 valence electrons. The van der Waals surface area contributed by atoms with Crippen LogP contribution in [0.15, 0.2) is 30.6 Å².